The second kappa shape index (κ2) is 5.96. The number of fused-ring (bicyclic) bond motifs is 1. The van der Waals surface area contributed by atoms with E-state index in [0.717, 1.165) is 5.56 Å². The Morgan fingerprint density at radius 2 is 2.04 bits per heavy atom. The second-order valence-corrected chi connectivity index (χ2v) is 5.09. The largest absolute Gasteiger partial charge is 0.507 e. The zero-order chi connectivity index (χ0) is 16.4. The molecule has 0 atom stereocenters. The van der Waals surface area contributed by atoms with Crippen LogP contribution in [0.3, 0.4) is 0 Å². The maximum absolute atomic E-state index is 12.0. The number of aliphatic hydroxyl groups is 1. The van der Waals surface area contributed by atoms with Crippen molar-refractivity contribution in [1.82, 2.24) is 4.98 Å². The Bertz CT molecular complexity index is 957. The highest BCUT2D eigenvalue weighted by atomic mass is 16.5. The van der Waals surface area contributed by atoms with E-state index in [1.165, 1.54) is 13.2 Å². The minimum absolute atomic E-state index is 0.0338. The van der Waals surface area contributed by atoms with Gasteiger partial charge in [0.15, 0.2) is 11.3 Å². The molecule has 0 amide bonds. The number of rotatable bonds is 3. The fourth-order valence-electron chi connectivity index (χ4n) is 2.28. The van der Waals surface area contributed by atoms with Crippen molar-refractivity contribution in [3.8, 4) is 5.75 Å². The molecule has 5 nitrogen and oxygen atoms in total. The minimum Gasteiger partial charge on any atom is -0.507 e. The number of para-hydroxylation sites is 1. The lowest BCUT2D eigenvalue weighted by Gasteiger charge is -2.07. The number of ether oxygens (including phenoxy) is 1. The summed E-state index contributed by atoms with van der Waals surface area (Å²) < 4.78 is 10.4. The fraction of sp³-hybridized carbons (Fsp3) is 0.111. The summed E-state index contributed by atoms with van der Waals surface area (Å²) in [5.74, 6) is 0.386. The van der Waals surface area contributed by atoms with Crippen molar-refractivity contribution in [2.24, 2.45) is 0 Å². The van der Waals surface area contributed by atoms with Gasteiger partial charge >= 0.3 is 5.63 Å². The lowest BCUT2D eigenvalue weighted by molar-refractivity contribution is 0.408. The van der Waals surface area contributed by atoms with Crippen molar-refractivity contribution in [2.45, 2.75) is 6.92 Å². The first-order valence-electron chi connectivity index (χ1n) is 7.04. The van der Waals surface area contributed by atoms with Gasteiger partial charge in [0.1, 0.15) is 17.0 Å². The van der Waals surface area contributed by atoms with Gasteiger partial charge in [0.25, 0.3) is 0 Å². The van der Waals surface area contributed by atoms with Crippen LogP contribution in [0.5, 0.6) is 5.75 Å². The van der Waals surface area contributed by atoms with E-state index in [9.17, 15) is 9.90 Å². The SMILES string of the molecule is COc1ccccc1C(O)=Cc1nc2cc(C)ccc2oc1=O. The molecule has 0 radical (unpaired) electrons. The zero-order valence-corrected chi connectivity index (χ0v) is 12.7. The molecule has 0 saturated heterocycles. The third-order valence-corrected chi connectivity index (χ3v) is 3.42. The van der Waals surface area contributed by atoms with Gasteiger partial charge in [-0.15, -0.1) is 0 Å². The normalized spacial score (nSPS) is 11.7. The number of aryl methyl sites for hydroxylation is 1. The number of methoxy groups -OCH3 is 1. The van der Waals surface area contributed by atoms with Crippen molar-refractivity contribution >= 4 is 22.9 Å². The molecule has 1 heterocycles. The van der Waals surface area contributed by atoms with E-state index >= 15 is 0 Å². The summed E-state index contributed by atoms with van der Waals surface area (Å²) in [7, 11) is 1.51. The van der Waals surface area contributed by atoms with Crippen molar-refractivity contribution in [3.63, 3.8) is 0 Å². The number of nitrogens with zero attached hydrogens (tertiary/aromatic N) is 1. The Hall–Kier alpha value is -3.08. The molecule has 0 spiro atoms. The van der Waals surface area contributed by atoms with Gasteiger partial charge in [-0.2, -0.15) is 0 Å². The van der Waals surface area contributed by atoms with Crippen LogP contribution in [-0.4, -0.2) is 17.2 Å². The Labute approximate surface area is 132 Å². The molecular formula is C18H15NO4. The number of aromatic nitrogens is 1. The molecule has 0 saturated carbocycles. The molecule has 1 aromatic heterocycles. The number of hydrogen-bond acceptors (Lipinski definition) is 5. The van der Waals surface area contributed by atoms with Gasteiger partial charge in [-0.25, -0.2) is 9.78 Å². The molecular weight excluding hydrogens is 294 g/mol. The van der Waals surface area contributed by atoms with E-state index in [-0.39, 0.29) is 11.5 Å². The number of benzene rings is 2. The molecule has 23 heavy (non-hydrogen) atoms. The van der Waals surface area contributed by atoms with Gasteiger partial charge in [-0.3, -0.25) is 0 Å². The Morgan fingerprint density at radius 3 is 2.83 bits per heavy atom. The first-order chi connectivity index (χ1) is 11.1. The summed E-state index contributed by atoms with van der Waals surface area (Å²) in [6, 6.07) is 12.3. The monoisotopic (exact) mass is 309 g/mol. The van der Waals surface area contributed by atoms with Crippen LogP contribution in [0.25, 0.3) is 22.9 Å². The summed E-state index contributed by atoms with van der Waals surface area (Å²) in [4.78, 5) is 16.3. The summed E-state index contributed by atoms with van der Waals surface area (Å²) in [6.45, 7) is 1.92. The maximum Gasteiger partial charge on any atom is 0.362 e. The van der Waals surface area contributed by atoms with E-state index in [0.29, 0.717) is 22.4 Å². The van der Waals surface area contributed by atoms with Gasteiger partial charge in [0.2, 0.25) is 0 Å². The molecule has 0 aliphatic heterocycles. The minimum atomic E-state index is -0.609. The third kappa shape index (κ3) is 2.94. The molecule has 116 valence electrons. The quantitative estimate of drug-likeness (QED) is 0.749. The molecule has 3 rings (SSSR count). The molecule has 0 aliphatic carbocycles. The molecule has 0 unspecified atom stereocenters. The van der Waals surface area contributed by atoms with Crippen molar-refractivity contribution < 1.29 is 14.3 Å². The standard InChI is InChI=1S/C18H15NO4/c1-11-7-8-17-13(9-11)19-14(18(21)23-17)10-15(20)12-5-3-4-6-16(12)22-2/h3-10,20H,1-2H3. The Morgan fingerprint density at radius 1 is 1.26 bits per heavy atom. The van der Waals surface area contributed by atoms with Crippen molar-refractivity contribution in [1.29, 1.82) is 0 Å². The van der Waals surface area contributed by atoms with E-state index in [2.05, 4.69) is 4.98 Å². The van der Waals surface area contributed by atoms with Crippen LogP contribution < -0.4 is 10.4 Å². The summed E-state index contributed by atoms with van der Waals surface area (Å²) >= 11 is 0. The van der Waals surface area contributed by atoms with Crippen molar-refractivity contribution in [3.05, 3.63) is 69.7 Å². The highest BCUT2D eigenvalue weighted by Gasteiger charge is 2.10. The highest BCUT2D eigenvalue weighted by Crippen LogP contribution is 2.25. The van der Waals surface area contributed by atoms with Crippen LogP contribution in [0.15, 0.2) is 51.7 Å². The predicted octanol–water partition coefficient (Wildman–Crippen LogP) is 3.56. The molecule has 2 aromatic carbocycles. The zero-order valence-electron chi connectivity index (χ0n) is 12.7. The smallest absolute Gasteiger partial charge is 0.362 e. The van der Waals surface area contributed by atoms with Crippen LogP contribution >= 0.6 is 0 Å². The molecule has 0 bridgehead atoms. The molecule has 1 N–H and O–H groups in total. The molecule has 3 aromatic rings. The van der Waals surface area contributed by atoms with Gasteiger partial charge in [-0.1, -0.05) is 18.2 Å². The predicted molar refractivity (Wildman–Crippen MR) is 88.5 cm³/mol. The van der Waals surface area contributed by atoms with Crippen LogP contribution in [0.2, 0.25) is 0 Å². The lowest BCUT2D eigenvalue weighted by atomic mass is 10.1. The average Bonchev–Trinajstić information content (AvgIpc) is 2.55. The lowest BCUT2D eigenvalue weighted by Crippen LogP contribution is -2.06. The fourth-order valence-corrected chi connectivity index (χ4v) is 2.28. The maximum atomic E-state index is 12.0. The van der Waals surface area contributed by atoms with Gasteiger partial charge in [0, 0.05) is 6.08 Å². The average molecular weight is 309 g/mol. The molecule has 0 aliphatic rings. The second-order valence-electron chi connectivity index (χ2n) is 5.09. The summed E-state index contributed by atoms with van der Waals surface area (Å²) in [5.41, 5.74) is 1.87. The van der Waals surface area contributed by atoms with Crippen LogP contribution in [-0.2, 0) is 0 Å². The Kier molecular flexibility index (Phi) is 3.85. The highest BCUT2D eigenvalue weighted by molar-refractivity contribution is 5.80. The van der Waals surface area contributed by atoms with Crippen LogP contribution in [0.1, 0.15) is 16.8 Å². The van der Waals surface area contributed by atoms with E-state index in [1.807, 2.05) is 19.1 Å². The van der Waals surface area contributed by atoms with Crippen LogP contribution in [0, 0.1) is 6.92 Å². The first kappa shape index (κ1) is 14.8. The van der Waals surface area contributed by atoms with E-state index in [4.69, 9.17) is 9.15 Å². The summed E-state index contributed by atoms with van der Waals surface area (Å²) in [5, 5.41) is 10.3. The first-order valence-corrected chi connectivity index (χ1v) is 7.04. The number of hydrogen-bond donors (Lipinski definition) is 1. The summed E-state index contributed by atoms with van der Waals surface area (Å²) in [6.07, 6.45) is 1.28. The topological polar surface area (TPSA) is 72.6 Å². The molecule has 0 fully saturated rings. The number of aliphatic hydroxyl groups excluding tert-OH is 1. The van der Waals surface area contributed by atoms with Crippen LogP contribution in [0.4, 0.5) is 0 Å². The third-order valence-electron chi connectivity index (χ3n) is 3.42. The molecule has 5 heteroatoms. The van der Waals surface area contributed by atoms with Crippen molar-refractivity contribution in [2.75, 3.05) is 7.11 Å². The van der Waals surface area contributed by atoms with Gasteiger partial charge < -0.3 is 14.3 Å². The van der Waals surface area contributed by atoms with E-state index < -0.39 is 5.63 Å². The van der Waals surface area contributed by atoms with Gasteiger partial charge in [0.05, 0.1) is 12.7 Å². The van der Waals surface area contributed by atoms with E-state index in [1.54, 1.807) is 30.3 Å². The Balaban J connectivity index is 2.12. The van der Waals surface area contributed by atoms with Gasteiger partial charge in [-0.05, 0) is 36.8 Å².